The maximum Gasteiger partial charge on any atom is 0.340 e. The Morgan fingerprint density at radius 2 is 1.77 bits per heavy atom. The third-order valence-corrected chi connectivity index (χ3v) is 5.24. The second kappa shape index (κ2) is 7.63. The largest absolute Gasteiger partial charge is 0.451 e. The second-order valence-electron chi connectivity index (χ2n) is 7.47. The fraction of sp³-hybridized carbons (Fsp3) is 0.208. The number of benzene rings is 2. The summed E-state index contributed by atoms with van der Waals surface area (Å²) < 4.78 is 7.67. The minimum Gasteiger partial charge on any atom is -0.451 e. The molecule has 30 heavy (non-hydrogen) atoms. The van der Waals surface area contributed by atoms with Gasteiger partial charge >= 0.3 is 5.97 Å². The lowest BCUT2D eigenvalue weighted by molar-refractivity contribution is 0.0319. The number of nitrogens with one attached hydrogen (secondary N) is 1. The number of aromatic nitrogens is 3. The molecule has 0 bridgehead atoms. The van der Waals surface area contributed by atoms with Gasteiger partial charge < -0.3 is 14.3 Å². The Hall–Kier alpha value is -3.67. The molecule has 0 saturated carbocycles. The number of para-hydroxylation sites is 1. The molecule has 0 spiro atoms. The summed E-state index contributed by atoms with van der Waals surface area (Å²) in [7, 11) is 0. The predicted octanol–water partition coefficient (Wildman–Crippen LogP) is 4.56. The van der Waals surface area contributed by atoms with Crippen LogP contribution in [0.1, 0.15) is 46.2 Å². The molecule has 0 radical (unpaired) electrons. The molecule has 4 aromatic rings. The van der Waals surface area contributed by atoms with Gasteiger partial charge in [0.1, 0.15) is 0 Å². The summed E-state index contributed by atoms with van der Waals surface area (Å²) in [6.07, 6.45) is -0.697. The van der Waals surface area contributed by atoms with E-state index in [9.17, 15) is 9.59 Å². The number of H-pyrrole nitrogens is 1. The number of hydrogen-bond donors (Lipinski definition) is 1. The predicted molar refractivity (Wildman–Crippen MR) is 116 cm³/mol. The third kappa shape index (κ3) is 3.52. The van der Waals surface area contributed by atoms with Crippen LogP contribution < -0.4 is 5.56 Å². The van der Waals surface area contributed by atoms with Gasteiger partial charge in [0.15, 0.2) is 11.9 Å². The monoisotopic (exact) mass is 401 g/mol. The van der Waals surface area contributed by atoms with Crippen molar-refractivity contribution in [2.75, 3.05) is 0 Å². The summed E-state index contributed by atoms with van der Waals surface area (Å²) in [5.41, 5.74) is 4.70. The van der Waals surface area contributed by atoms with Crippen LogP contribution in [0, 0.1) is 20.8 Å². The molecule has 0 amide bonds. The van der Waals surface area contributed by atoms with Crippen molar-refractivity contribution in [2.45, 2.75) is 33.8 Å². The minimum atomic E-state index is -0.697. The number of carbonyl (C=O) groups excluding carboxylic acids is 1. The van der Waals surface area contributed by atoms with Crippen molar-refractivity contribution in [3.05, 3.63) is 93.3 Å². The highest BCUT2D eigenvalue weighted by Gasteiger charge is 2.22. The van der Waals surface area contributed by atoms with E-state index >= 15 is 0 Å². The van der Waals surface area contributed by atoms with Crippen LogP contribution in [0.25, 0.3) is 16.6 Å². The van der Waals surface area contributed by atoms with Crippen molar-refractivity contribution in [3.8, 4) is 5.69 Å². The average molecular weight is 401 g/mol. The van der Waals surface area contributed by atoms with Crippen LogP contribution in [-0.2, 0) is 4.74 Å². The molecule has 0 unspecified atom stereocenters. The normalized spacial score (nSPS) is 12.1. The summed E-state index contributed by atoms with van der Waals surface area (Å²) in [5.74, 6) is -0.135. The van der Waals surface area contributed by atoms with Crippen molar-refractivity contribution in [3.63, 3.8) is 0 Å². The maximum atomic E-state index is 12.9. The molecule has 1 atom stereocenters. The van der Waals surface area contributed by atoms with Crippen LogP contribution >= 0.6 is 0 Å². The van der Waals surface area contributed by atoms with Crippen molar-refractivity contribution in [1.82, 2.24) is 14.5 Å². The Labute approximate surface area is 174 Å². The highest BCUT2D eigenvalue weighted by Crippen LogP contribution is 2.24. The number of fused-ring (bicyclic) bond motifs is 1. The molecule has 0 aliphatic rings. The van der Waals surface area contributed by atoms with Gasteiger partial charge in [-0.2, -0.15) is 0 Å². The molecule has 6 heteroatoms. The molecule has 2 heterocycles. The highest BCUT2D eigenvalue weighted by atomic mass is 16.5. The van der Waals surface area contributed by atoms with Gasteiger partial charge in [-0.25, -0.2) is 9.78 Å². The second-order valence-corrected chi connectivity index (χ2v) is 7.47. The van der Waals surface area contributed by atoms with Gasteiger partial charge in [0.25, 0.3) is 5.56 Å². The van der Waals surface area contributed by atoms with Gasteiger partial charge in [-0.05, 0) is 58.0 Å². The first-order valence-electron chi connectivity index (χ1n) is 9.81. The van der Waals surface area contributed by atoms with Gasteiger partial charge in [0.05, 0.1) is 16.5 Å². The fourth-order valence-corrected chi connectivity index (χ4v) is 3.64. The Morgan fingerprint density at radius 1 is 1.07 bits per heavy atom. The number of aryl methyl sites for hydroxylation is 2. The summed E-state index contributed by atoms with van der Waals surface area (Å²) in [4.78, 5) is 32.4. The lowest BCUT2D eigenvalue weighted by atomic mass is 10.2. The van der Waals surface area contributed by atoms with Gasteiger partial charge in [-0.1, -0.05) is 29.8 Å². The van der Waals surface area contributed by atoms with Gasteiger partial charge in [-0.15, -0.1) is 0 Å². The Balaban J connectivity index is 1.62. The van der Waals surface area contributed by atoms with Gasteiger partial charge in [0.2, 0.25) is 0 Å². The minimum absolute atomic E-state index is 0.254. The number of aromatic amines is 1. The number of carbonyl (C=O) groups is 1. The van der Waals surface area contributed by atoms with Gasteiger partial charge in [0, 0.05) is 17.1 Å². The molecule has 1 N–H and O–H groups in total. The molecule has 0 aliphatic heterocycles. The first-order chi connectivity index (χ1) is 14.3. The zero-order valence-electron chi connectivity index (χ0n) is 17.4. The SMILES string of the molecule is Cc1ccc(-n2c(C)cc(C(=O)O[C@@H](C)c3nc4ccccc4c(=O)[nH]3)c2C)cc1. The lowest BCUT2D eigenvalue weighted by Gasteiger charge is -2.14. The fourth-order valence-electron chi connectivity index (χ4n) is 3.64. The maximum absolute atomic E-state index is 12.9. The van der Waals surface area contributed by atoms with Crippen LogP contribution in [0.2, 0.25) is 0 Å². The summed E-state index contributed by atoms with van der Waals surface area (Å²) in [6, 6.07) is 17.0. The summed E-state index contributed by atoms with van der Waals surface area (Å²) >= 11 is 0. The number of hydrogen-bond acceptors (Lipinski definition) is 4. The highest BCUT2D eigenvalue weighted by molar-refractivity contribution is 5.91. The molecule has 0 saturated heterocycles. The average Bonchev–Trinajstić information content (AvgIpc) is 3.03. The van der Waals surface area contributed by atoms with Crippen molar-refractivity contribution in [2.24, 2.45) is 0 Å². The van der Waals surface area contributed by atoms with Crippen LogP contribution in [0.5, 0.6) is 0 Å². The van der Waals surface area contributed by atoms with E-state index in [1.165, 1.54) is 5.56 Å². The van der Waals surface area contributed by atoms with Crippen molar-refractivity contribution >= 4 is 16.9 Å². The molecule has 6 nitrogen and oxygen atoms in total. The van der Waals surface area contributed by atoms with Crippen LogP contribution in [-0.4, -0.2) is 20.5 Å². The quantitative estimate of drug-likeness (QED) is 0.509. The smallest absolute Gasteiger partial charge is 0.340 e. The zero-order chi connectivity index (χ0) is 21.4. The molecule has 152 valence electrons. The number of esters is 1. The van der Waals surface area contributed by atoms with E-state index in [0.29, 0.717) is 22.3 Å². The van der Waals surface area contributed by atoms with Crippen molar-refractivity contribution < 1.29 is 9.53 Å². The Morgan fingerprint density at radius 3 is 2.50 bits per heavy atom. The van der Waals surface area contributed by atoms with Crippen LogP contribution in [0.4, 0.5) is 0 Å². The van der Waals surface area contributed by atoms with Crippen LogP contribution in [0.15, 0.2) is 59.4 Å². The first kappa shape index (κ1) is 19.6. The van der Waals surface area contributed by atoms with E-state index in [4.69, 9.17) is 4.74 Å². The topological polar surface area (TPSA) is 77.0 Å². The standard InChI is InChI=1S/C24H23N3O3/c1-14-9-11-18(12-10-14)27-15(2)13-20(16(27)3)24(29)30-17(4)22-25-21-8-6-5-7-19(21)23(28)26-22/h5-13,17H,1-4H3,(H,25,26,28)/t17-/m0/s1. The molecule has 4 rings (SSSR count). The summed E-state index contributed by atoms with van der Waals surface area (Å²) in [5, 5.41) is 0.501. The Kier molecular flexibility index (Phi) is 4.99. The lowest BCUT2D eigenvalue weighted by Crippen LogP contribution is -2.17. The van der Waals surface area contributed by atoms with E-state index in [2.05, 4.69) is 9.97 Å². The van der Waals surface area contributed by atoms with E-state index < -0.39 is 12.1 Å². The van der Waals surface area contributed by atoms with E-state index in [-0.39, 0.29) is 5.56 Å². The van der Waals surface area contributed by atoms with E-state index in [1.807, 2.05) is 61.7 Å². The molecule has 0 fully saturated rings. The molecule has 2 aromatic carbocycles. The van der Waals surface area contributed by atoms with Crippen molar-refractivity contribution in [1.29, 1.82) is 0 Å². The molecular weight excluding hydrogens is 378 g/mol. The van der Waals surface area contributed by atoms with E-state index in [0.717, 1.165) is 17.1 Å². The molecule has 2 aromatic heterocycles. The van der Waals surface area contributed by atoms with Gasteiger partial charge in [-0.3, -0.25) is 4.79 Å². The number of rotatable bonds is 4. The number of nitrogens with zero attached hydrogens (tertiary/aromatic N) is 2. The third-order valence-electron chi connectivity index (χ3n) is 5.24. The molecule has 0 aliphatic carbocycles. The first-order valence-corrected chi connectivity index (χ1v) is 9.81. The Bertz CT molecular complexity index is 1300. The molecular formula is C24H23N3O3. The van der Waals surface area contributed by atoms with Crippen LogP contribution in [0.3, 0.4) is 0 Å². The summed E-state index contributed by atoms with van der Waals surface area (Å²) in [6.45, 7) is 7.58. The van der Waals surface area contributed by atoms with E-state index in [1.54, 1.807) is 25.1 Å². The number of ether oxygens (including phenoxy) is 1. The zero-order valence-corrected chi connectivity index (χ0v) is 17.4.